The number of ether oxygens (including phenoxy) is 3. The molecule has 3 rings (SSSR count). The fourth-order valence-electron chi connectivity index (χ4n) is 1.94. The highest BCUT2D eigenvalue weighted by Gasteiger charge is 2.14. The predicted molar refractivity (Wildman–Crippen MR) is 106 cm³/mol. The predicted octanol–water partition coefficient (Wildman–Crippen LogP) is 1.72. The Morgan fingerprint density at radius 2 is 1.35 bits per heavy atom. The summed E-state index contributed by atoms with van der Waals surface area (Å²) < 4.78 is 36.4. The second kappa shape index (κ2) is 10.7. The van der Waals surface area contributed by atoms with Gasteiger partial charge in [-0.05, 0) is 24.3 Å². The van der Waals surface area contributed by atoms with Gasteiger partial charge in [-0.15, -0.1) is 0 Å². The molecular weight excluding hydrogens is 428 g/mol. The van der Waals surface area contributed by atoms with Crippen LogP contribution in [0.25, 0.3) is 0 Å². The van der Waals surface area contributed by atoms with Crippen LogP contribution in [0.4, 0.5) is 0 Å². The van der Waals surface area contributed by atoms with E-state index in [-0.39, 0.29) is 22.6 Å². The SMILES string of the molecule is COC(=O)c1ccnc(Oc2ccccc2)n1.COC(=O)c1ccnc(S(C)(=O)=O)n1. The van der Waals surface area contributed by atoms with Crippen LogP contribution in [0.15, 0.2) is 60.0 Å². The normalized spacial score (nSPS) is 10.3. The summed E-state index contributed by atoms with van der Waals surface area (Å²) in [7, 11) is -1.02. The minimum atomic E-state index is -3.50. The van der Waals surface area contributed by atoms with Gasteiger partial charge in [0.25, 0.3) is 0 Å². The van der Waals surface area contributed by atoms with Crippen molar-refractivity contribution in [2.75, 3.05) is 20.5 Å². The fourth-order valence-corrected chi connectivity index (χ4v) is 2.46. The van der Waals surface area contributed by atoms with Gasteiger partial charge in [0.1, 0.15) is 5.75 Å². The third-order valence-corrected chi connectivity index (χ3v) is 4.20. The fraction of sp³-hybridized carbons (Fsp3) is 0.158. The molecule has 0 spiro atoms. The Balaban J connectivity index is 0.000000225. The van der Waals surface area contributed by atoms with E-state index in [1.54, 1.807) is 12.1 Å². The molecule has 3 aromatic rings. The summed E-state index contributed by atoms with van der Waals surface area (Å²) in [5, 5.41) is -0.389. The van der Waals surface area contributed by atoms with Crippen molar-refractivity contribution in [3.8, 4) is 11.8 Å². The number of esters is 2. The molecule has 11 nitrogen and oxygen atoms in total. The second-order valence-corrected chi connectivity index (χ2v) is 7.53. The van der Waals surface area contributed by atoms with Crippen molar-refractivity contribution in [3.63, 3.8) is 0 Å². The Bertz CT molecular complexity index is 1150. The van der Waals surface area contributed by atoms with Crippen molar-refractivity contribution >= 4 is 21.8 Å². The van der Waals surface area contributed by atoms with Crippen molar-refractivity contribution in [1.29, 1.82) is 0 Å². The molecule has 0 fully saturated rings. The number of carbonyl (C=O) groups is 2. The topological polar surface area (TPSA) is 148 Å². The largest absolute Gasteiger partial charge is 0.464 e. The van der Waals surface area contributed by atoms with Crippen molar-refractivity contribution in [3.05, 3.63) is 66.2 Å². The summed E-state index contributed by atoms with van der Waals surface area (Å²) in [5.74, 6) is -0.614. The summed E-state index contributed by atoms with van der Waals surface area (Å²) in [6.07, 6.45) is 3.59. The number of benzene rings is 1. The third-order valence-electron chi connectivity index (χ3n) is 3.34. The van der Waals surface area contributed by atoms with Crippen molar-refractivity contribution in [1.82, 2.24) is 19.9 Å². The number of rotatable bonds is 5. The van der Waals surface area contributed by atoms with Crippen LogP contribution in [0, 0.1) is 0 Å². The molecule has 0 aliphatic rings. The molecular formula is C19H18N4O7S. The van der Waals surface area contributed by atoms with E-state index < -0.39 is 21.8 Å². The first-order valence-electron chi connectivity index (χ1n) is 8.50. The monoisotopic (exact) mass is 446 g/mol. The summed E-state index contributed by atoms with van der Waals surface area (Å²) in [5.41, 5.74) is 0.0800. The minimum Gasteiger partial charge on any atom is -0.464 e. The molecule has 162 valence electrons. The Labute approximate surface area is 178 Å². The zero-order chi connectivity index (χ0) is 22.9. The van der Waals surface area contributed by atoms with Crippen molar-refractivity contribution in [2.45, 2.75) is 5.16 Å². The van der Waals surface area contributed by atoms with Gasteiger partial charge < -0.3 is 14.2 Å². The maximum atomic E-state index is 11.3. The first-order valence-corrected chi connectivity index (χ1v) is 10.4. The van der Waals surface area contributed by atoms with Gasteiger partial charge in [0.2, 0.25) is 15.0 Å². The summed E-state index contributed by atoms with van der Waals surface area (Å²) in [6, 6.07) is 11.9. The lowest BCUT2D eigenvalue weighted by Gasteiger charge is -2.04. The molecule has 0 saturated carbocycles. The van der Waals surface area contributed by atoms with E-state index in [1.807, 2.05) is 18.2 Å². The first kappa shape index (κ1) is 23.3. The summed E-state index contributed by atoms with van der Waals surface area (Å²) >= 11 is 0. The second-order valence-electron chi connectivity index (χ2n) is 5.62. The van der Waals surface area contributed by atoms with Gasteiger partial charge in [-0.25, -0.2) is 33.0 Å². The number of aromatic nitrogens is 4. The number of para-hydroxylation sites is 1. The smallest absolute Gasteiger partial charge is 0.356 e. The van der Waals surface area contributed by atoms with Crippen LogP contribution in [0.2, 0.25) is 0 Å². The molecule has 0 atom stereocenters. The van der Waals surface area contributed by atoms with Gasteiger partial charge >= 0.3 is 17.9 Å². The number of carbonyl (C=O) groups excluding carboxylic acids is 2. The number of hydrogen-bond donors (Lipinski definition) is 0. The molecule has 1 aromatic carbocycles. The number of sulfone groups is 1. The van der Waals surface area contributed by atoms with Crippen LogP contribution in [0.1, 0.15) is 21.0 Å². The molecule has 0 aliphatic carbocycles. The molecule has 31 heavy (non-hydrogen) atoms. The molecule has 2 heterocycles. The highest BCUT2D eigenvalue weighted by molar-refractivity contribution is 7.90. The average molecular weight is 446 g/mol. The first-order chi connectivity index (χ1) is 14.7. The molecule has 0 amide bonds. The van der Waals surface area contributed by atoms with Gasteiger partial charge in [-0.2, -0.15) is 4.98 Å². The van der Waals surface area contributed by atoms with Crippen molar-refractivity contribution in [2.24, 2.45) is 0 Å². The maximum absolute atomic E-state index is 11.3. The molecule has 2 aromatic heterocycles. The van der Waals surface area contributed by atoms with Crippen LogP contribution in [-0.4, -0.2) is 60.8 Å². The molecule has 0 aliphatic heterocycles. The maximum Gasteiger partial charge on any atom is 0.356 e. The van der Waals surface area contributed by atoms with E-state index in [1.165, 1.54) is 38.7 Å². The Kier molecular flexibility index (Phi) is 8.09. The quantitative estimate of drug-likeness (QED) is 0.417. The summed E-state index contributed by atoms with van der Waals surface area (Å²) in [6.45, 7) is 0. The van der Waals surface area contributed by atoms with E-state index in [4.69, 9.17) is 4.74 Å². The Morgan fingerprint density at radius 1 is 0.806 bits per heavy atom. The van der Waals surface area contributed by atoms with Gasteiger partial charge in [-0.1, -0.05) is 18.2 Å². The average Bonchev–Trinajstić information content (AvgIpc) is 2.79. The minimum absolute atomic E-state index is 0.0806. The summed E-state index contributed by atoms with van der Waals surface area (Å²) in [4.78, 5) is 37.1. The van der Waals surface area contributed by atoms with Crippen LogP contribution < -0.4 is 4.74 Å². The molecule has 0 saturated heterocycles. The van der Waals surface area contributed by atoms with E-state index >= 15 is 0 Å². The Hall–Kier alpha value is -3.93. The lowest BCUT2D eigenvalue weighted by molar-refractivity contribution is 0.0584. The van der Waals surface area contributed by atoms with Crippen LogP contribution in [-0.2, 0) is 19.3 Å². The number of nitrogens with zero attached hydrogens (tertiary/aromatic N) is 4. The van der Waals surface area contributed by atoms with E-state index in [0.29, 0.717) is 5.75 Å². The van der Waals surface area contributed by atoms with Crippen molar-refractivity contribution < 1.29 is 32.2 Å². The van der Waals surface area contributed by atoms with E-state index in [9.17, 15) is 18.0 Å². The number of hydrogen-bond acceptors (Lipinski definition) is 11. The third kappa shape index (κ3) is 7.12. The molecule has 0 bridgehead atoms. The zero-order valence-electron chi connectivity index (χ0n) is 16.8. The van der Waals surface area contributed by atoms with Crippen LogP contribution >= 0.6 is 0 Å². The van der Waals surface area contributed by atoms with Gasteiger partial charge in [0.15, 0.2) is 11.4 Å². The standard InChI is InChI=1S/C12H10N2O3.C7H8N2O4S/c1-16-11(15)10-7-8-13-12(14-10)17-9-5-3-2-4-6-9;1-13-6(10)5-3-4-8-7(9-5)14(2,11)12/h2-8H,1H3;3-4H,1-2H3. The molecule has 0 unspecified atom stereocenters. The highest BCUT2D eigenvalue weighted by atomic mass is 32.2. The zero-order valence-corrected chi connectivity index (χ0v) is 17.6. The molecule has 0 radical (unpaired) electrons. The van der Waals surface area contributed by atoms with Crippen LogP contribution in [0.5, 0.6) is 11.8 Å². The van der Waals surface area contributed by atoms with Gasteiger partial charge in [0, 0.05) is 18.6 Å². The van der Waals surface area contributed by atoms with Gasteiger partial charge in [-0.3, -0.25) is 0 Å². The lowest BCUT2D eigenvalue weighted by Crippen LogP contribution is -2.10. The number of methoxy groups -OCH3 is 2. The lowest BCUT2D eigenvalue weighted by atomic mass is 10.3. The Morgan fingerprint density at radius 3 is 1.90 bits per heavy atom. The highest BCUT2D eigenvalue weighted by Crippen LogP contribution is 2.16. The molecule has 12 heteroatoms. The van der Waals surface area contributed by atoms with Crippen LogP contribution in [0.3, 0.4) is 0 Å². The van der Waals surface area contributed by atoms with Gasteiger partial charge in [0.05, 0.1) is 14.2 Å². The van der Waals surface area contributed by atoms with E-state index in [2.05, 4.69) is 29.4 Å². The molecule has 0 N–H and O–H groups in total. The van der Waals surface area contributed by atoms with E-state index in [0.717, 1.165) is 6.26 Å².